The van der Waals surface area contributed by atoms with Crippen LogP contribution in [0.25, 0.3) is 0 Å². The number of halogens is 1. The number of nitro benzene ring substituents is 1. The monoisotopic (exact) mass is 347 g/mol. The summed E-state index contributed by atoms with van der Waals surface area (Å²) < 4.78 is 26.9. The zero-order valence-electron chi connectivity index (χ0n) is 12.0. The molecule has 0 saturated carbocycles. The van der Waals surface area contributed by atoms with Gasteiger partial charge < -0.3 is 4.90 Å². The minimum Gasteiger partial charge on any atom is -0.302 e. The minimum absolute atomic E-state index is 0.124. The standard InChI is InChI=1S/C13H18ClN3O4S/c14-11-4-5-13(12(10-11)17(18)19)22(20,21)15-6-9-16-7-2-1-3-8-16/h4-5,10,15H,1-3,6-9H2. The van der Waals surface area contributed by atoms with Crippen molar-refractivity contribution in [1.29, 1.82) is 0 Å². The molecule has 0 amide bonds. The number of sulfonamides is 1. The van der Waals surface area contributed by atoms with Gasteiger partial charge in [0.25, 0.3) is 5.69 Å². The lowest BCUT2D eigenvalue weighted by Crippen LogP contribution is -2.37. The second-order valence-corrected chi connectivity index (χ2v) is 7.34. The molecule has 1 aliphatic heterocycles. The third kappa shape index (κ3) is 4.39. The van der Waals surface area contributed by atoms with Crippen molar-refractivity contribution < 1.29 is 13.3 Å². The van der Waals surface area contributed by atoms with Crippen molar-refractivity contribution >= 4 is 27.3 Å². The van der Waals surface area contributed by atoms with Gasteiger partial charge in [-0.3, -0.25) is 10.1 Å². The first-order chi connectivity index (χ1) is 10.4. The van der Waals surface area contributed by atoms with E-state index in [0.717, 1.165) is 38.1 Å². The minimum atomic E-state index is -3.93. The summed E-state index contributed by atoms with van der Waals surface area (Å²) in [5.74, 6) is 0. The van der Waals surface area contributed by atoms with Crippen LogP contribution in [-0.4, -0.2) is 44.4 Å². The van der Waals surface area contributed by atoms with Crippen LogP contribution >= 0.6 is 11.6 Å². The molecule has 0 unspecified atom stereocenters. The van der Waals surface area contributed by atoms with Crippen molar-refractivity contribution in [2.45, 2.75) is 24.2 Å². The predicted octanol–water partition coefficient (Wildman–Crippen LogP) is 2.01. The van der Waals surface area contributed by atoms with E-state index in [2.05, 4.69) is 9.62 Å². The Morgan fingerprint density at radius 1 is 1.27 bits per heavy atom. The molecule has 22 heavy (non-hydrogen) atoms. The quantitative estimate of drug-likeness (QED) is 0.627. The van der Waals surface area contributed by atoms with Gasteiger partial charge in [-0.15, -0.1) is 0 Å². The molecule has 7 nitrogen and oxygen atoms in total. The Balaban J connectivity index is 2.05. The molecule has 0 atom stereocenters. The van der Waals surface area contributed by atoms with E-state index in [1.54, 1.807) is 0 Å². The highest BCUT2D eigenvalue weighted by molar-refractivity contribution is 7.89. The van der Waals surface area contributed by atoms with Gasteiger partial charge in [0.1, 0.15) is 0 Å². The molecule has 1 aromatic rings. The maximum Gasteiger partial charge on any atom is 0.290 e. The maximum atomic E-state index is 12.2. The number of hydrogen-bond donors (Lipinski definition) is 1. The molecule has 2 rings (SSSR count). The molecule has 1 saturated heterocycles. The average Bonchev–Trinajstić information content (AvgIpc) is 2.47. The molecule has 9 heteroatoms. The average molecular weight is 348 g/mol. The summed E-state index contributed by atoms with van der Waals surface area (Å²) in [6.45, 7) is 2.74. The van der Waals surface area contributed by atoms with Crippen LogP contribution in [-0.2, 0) is 10.0 Å². The third-order valence-electron chi connectivity index (χ3n) is 3.58. The number of hydrogen-bond acceptors (Lipinski definition) is 5. The zero-order chi connectivity index (χ0) is 16.2. The number of piperidine rings is 1. The predicted molar refractivity (Wildman–Crippen MR) is 83.6 cm³/mol. The van der Waals surface area contributed by atoms with Gasteiger partial charge in [0.05, 0.1) is 4.92 Å². The van der Waals surface area contributed by atoms with Gasteiger partial charge in [0, 0.05) is 24.2 Å². The van der Waals surface area contributed by atoms with Crippen molar-refractivity contribution in [2.24, 2.45) is 0 Å². The lowest BCUT2D eigenvalue weighted by Gasteiger charge is -2.26. The number of likely N-dealkylation sites (tertiary alicyclic amines) is 1. The number of nitrogens with zero attached hydrogens (tertiary/aromatic N) is 2. The Morgan fingerprint density at radius 2 is 1.95 bits per heavy atom. The Labute approximate surface area is 134 Å². The second kappa shape index (κ2) is 7.36. The Bertz CT molecular complexity index is 645. The SMILES string of the molecule is O=[N+]([O-])c1cc(Cl)ccc1S(=O)(=O)NCCN1CCCCC1. The summed E-state index contributed by atoms with van der Waals surface area (Å²) >= 11 is 5.69. The molecule has 1 aromatic carbocycles. The summed E-state index contributed by atoms with van der Waals surface area (Å²) in [4.78, 5) is 12.1. The summed E-state index contributed by atoms with van der Waals surface area (Å²) in [7, 11) is -3.93. The van der Waals surface area contributed by atoms with Gasteiger partial charge in [-0.1, -0.05) is 18.0 Å². The van der Waals surface area contributed by atoms with Crippen LogP contribution in [0.3, 0.4) is 0 Å². The summed E-state index contributed by atoms with van der Waals surface area (Å²) in [6.07, 6.45) is 3.45. The van der Waals surface area contributed by atoms with Crippen molar-refractivity contribution in [1.82, 2.24) is 9.62 Å². The van der Waals surface area contributed by atoms with E-state index < -0.39 is 20.6 Å². The normalized spacial score (nSPS) is 16.6. The molecule has 1 N–H and O–H groups in total. The number of nitrogens with one attached hydrogen (secondary N) is 1. The summed E-state index contributed by atoms with van der Waals surface area (Å²) in [6, 6.07) is 3.53. The molecule has 1 heterocycles. The van der Waals surface area contributed by atoms with E-state index in [1.807, 2.05) is 0 Å². The largest absolute Gasteiger partial charge is 0.302 e. The fourth-order valence-electron chi connectivity index (χ4n) is 2.46. The maximum absolute atomic E-state index is 12.2. The lowest BCUT2D eigenvalue weighted by atomic mass is 10.1. The van der Waals surface area contributed by atoms with Gasteiger partial charge >= 0.3 is 0 Å². The Kier molecular flexibility index (Phi) is 5.74. The van der Waals surface area contributed by atoms with E-state index >= 15 is 0 Å². The van der Waals surface area contributed by atoms with Crippen LogP contribution in [0.5, 0.6) is 0 Å². The zero-order valence-corrected chi connectivity index (χ0v) is 13.6. The van der Waals surface area contributed by atoms with Gasteiger partial charge in [0.15, 0.2) is 4.90 Å². The first kappa shape index (κ1) is 17.1. The van der Waals surface area contributed by atoms with E-state index in [9.17, 15) is 18.5 Å². The molecule has 0 radical (unpaired) electrons. The Hall–Kier alpha value is -1.22. The second-order valence-electron chi connectivity index (χ2n) is 5.17. The summed E-state index contributed by atoms with van der Waals surface area (Å²) in [5, 5.41) is 11.1. The molecule has 122 valence electrons. The van der Waals surface area contributed by atoms with Crippen LogP contribution in [0, 0.1) is 10.1 Å². The van der Waals surface area contributed by atoms with Gasteiger partial charge in [0.2, 0.25) is 10.0 Å². The van der Waals surface area contributed by atoms with Gasteiger partial charge in [-0.25, -0.2) is 13.1 Å². The highest BCUT2D eigenvalue weighted by atomic mass is 35.5. The molecule has 0 aliphatic carbocycles. The smallest absolute Gasteiger partial charge is 0.290 e. The van der Waals surface area contributed by atoms with Crippen LogP contribution in [0.15, 0.2) is 23.1 Å². The fraction of sp³-hybridized carbons (Fsp3) is 0.538. The molecule has 1 fully saturated rings. The number of rotatable bonds is 6. The molecule has 1 aliphatic rings. The van der Waals surface area contributed by atoms with Crippen molar-refractivity contribution in [3.8, 4) is 0 Å². The van der Waals surface area contributed by atoms with Gasteiger partial charge in [-0.05, 0) is 38.1 Å². The van der Waals surface area contributed by atoms with E-state index in [1.165, 1.54) is 12.5 Å². The molecular formula is C13H18ClN3O4S. The highest BCUT2D eigenvalue weighted by Crippen LogP contribution is 2.26. The molecule has 0 spiro atoms. The van der Waals surface area contributed by atoms with Gasteiger partial charge in [-0.2, -0.15) is 0 Å². The van der Waals surface area contributed by atoms with Crippen LogP contribution in [0.2, 0.25) is 5.02 Å². The number of benzene rings is 1. The first-order valence-corrected chi connectivity index (χ1v) is 8.92. The van der Waals surface area contributed by atoms with Crippen LogP contribution in [0.4, 0.5) is 5.69 Å². The first-order valence-electron chi connectivity index (χ1n) is 7.06. The Morgan fingerprint density at radius 3 is 2.59 bits per heavy atom. The van der Waals surface area contributed by atoms with E-state index in [0.29, 0.717) is 6.54 Å². The van der Waals surface area contributed by atoms with Crippen LogP contribution in [0.1, 0.15) is 19.3 Å². The number of nitro groups is 1. The fourth-order valence-corrected chi connectivity index (χ4v) is 3.80. The topological polar surface area (TPSA) is 92.5 Å². The molecular weight excluding hydrogens is 330 g/mol. The van der Waals surface area contributed by atoms with Crippen molar-refractivity contribution in [3.05, 3.63) is 33.3 Å². The van der Waals surface area contributed by atoms with Crippen molar-refractivity contribution in [2.75, 3.05) is 26.2 Å². The van der Waals surface area contributed by atoms with E-state index in [4.69, 9.17) is 11.6 Å². The lowest BCUT2D eigenvalue weighted by molar-refractivity contribution is -0.387. The molecule has 0 aromatic heterocycles. The van der Waals surface area contributed by atoms with E-state index in [-0.39, 0.29) is 16.5 Å². The third-order valence-corrected chi connectivity index (χ3v) is 5.32. The van der Waals surface area contributed by atoms with Crippen molar-refractivity contribution in [3.63, 3.8) is 0 Å². The highest BCUT2D eigenvalue weighted by Gasteiger charge is 2.25. The summed E-state index contributed by atoms with van der Waals surface area (Å²) in [5.41, 5.74) is -0.516. The molecule has 0 bridgehead atoms. The van der Waals surface area contributed by atoms with Crippen LogP contribution < -0.4 is 4.72 Å².